The van der Waals surface area contributed by atoms with Crippen LogP contribution in [-0.4, -0.2) is 11.0 Å². The summed E-state index contributed by atoms with van der Waals surface area (Å²) in [7, 11) is 0. The molecule has 0 aliphatic heterocycles. The minimum Gasteiger partial charge on any atom is -0.389 e. The lowest BCUT2D eigenvalue weighted by atomic mass is 9.80. The molecule has 2 nitrogen and oxygen atoms in total. The quantitative estimate of drug-likeness (QED) is 0.833. The van der Waals surface area contributed by atoms with Gasteiger partial charge in [0, 0.05) is 11.6 Å². The van der Waals surface area contributed by atoms with Gasteiger partial charge in [-0.05, 0) is 43.2 Å². The highest BCUT2D eigenvalue weighted by atomic mass is 32.1. The molecule has 1 aromatic carbocycles. The predicted octanol–water partition coefficient (Wildman–Crippen LogP) is 3.84. The van der Waals surface area contributed by atoms with Crippen molar-refractivity contribution in [2.24, 2.45) is 17.6 Å². The molecule has 3 N–H and O–H groups in total. The first-order valence-electron chi connectivity index (χ1n) is 6.92. The van der Waals surface area contributed by atoms with Crippen LogP contribution in [0.4, 0.5) is 14.5 Å². The molecular formula is C15H20F2N2S. The maximum atomic E-state index is 14.0. The smallest absolute Gasteiger partial charge is 0.150 e. The van der Waals surface area contributed by atoms with Crippen molar-refractivity contribution in [1.29, 1.82) is 0 Å². The van der Waals surface area contributed by atoms with E-state index in [4.69, 9.17) is 18.0 Å². The zero-order valence-corrected chi connectivity index (χ0v) is 12.6. The largest absolute Gasteiger partial charge is 0.389 e. The molecule has 0 radical (unpaired) electrons. The van der Waals surface area contributed by atoms with Crippen LogP contribution in [0.5, 0.6) is 0 Å². The lowest BCUT2D eigenvalue weighted by Gasteiger charge is -2.32. The molecule has 2 rings (SSSR count). The molecule has 20 heavy (non-hydrogen) atoms. The van der Waals surface area contributed by atoms with Crippen molar-refractivity contribution in [1.82, 2.24) is 0 Å². The van der Waals surface area contributed by atoms with Crippen molar-refractivity contribution in [3.8, 4) is 0 Å². The second-order valence-corrected chi connectivity index (χ2v) is 6.38. The van der Waals surface area contributed by atoms with Crippen LogP contribution in [0, 0.1) is 23.5 Å². The Morgan fingerprint density at radius 2 is 1.65 bits per heavy atom. The van der Waals surface area contributed by atoms with Crippen LogP contribution in [0.15, 0.2) is 12.1 Å². The van der Waals surface area contributed by atoms with Gasteiger partial charge >= 0.3 is 0 Å². The van der Waals surface area contributed by atoms with E-state index in [0.29, 0.717) is 11.8 Å². The van der Waals surface area contributed by atoms with Gasteiger partial charge in [0.25, 0.3) is 0 Å². The van der Waals surface area contributed by atoms with Gasteiger partial charge in [0.05, 0.1) is 0 Å². The van der Waals surface area contributed by atoms with Crippen LogP contribution in [0.25, 0.3) is 0 Å². The van der Waals surface area contributed by atoms with Crippen molar-refractivity contribution in [3.63, 3.8) is 0 Å². The Hall–Kier alpha value is -1.23. The summed E-state index contributed by atoms with van der Waals surface area (Å²) in [5.74, 6) is -0.145. The molecule has 2 atom stereocenters. The number of hydrogen-bond acceptors (Lipinski definition) is 2. The monoisotopic (exact) mass is 298 g/mol. The molecule has 0 saturated heterocycles. The second-order valence-electron chi connectivity index (χ2n) is 5.94. The Balaban J connectivity index is 2.19. The van der Waals surface area contributed by atoms with Gasteiger partial charge in [-0.3, -0.25) is 0 Å². The standard InChI is InChI=1S/C15H20F2N2S/c1-8-3-9(2)5-11(4-8)19-14-12(16)6-10(15(18)20)7-13(14)17/h6-9,11,19H,3-5H2,1-2H3,(H2,18,20). The van der Waals surface area contributed by atoms with Gasteiger partial charge < -0.3 is 11.1 Å². The van der Waals surface area contributed by atoms with Gasteiger partial charge in [-0.1, -0.05) is 26.1 Å². The van der Waals surface area contributed by atoms with E-state index in [1.807, 2.05) is 0 Å². The van der Waals surface area contributed by atoms with E-state index in [1.54, 1.807) is 0 Å². The minimum absolute atomic E-state index is 0.00531. The van der Waals surface area contributed by atoms with E-state index >= 15 is 0 Å². The molecule has 0 bridgehead atoms. The SMILES string of the molecule is CC1CC(C)CC(Nc2c(F)cc(C(N)=S)cc2F)C1. The van der Waals surface area contributed by atoms with E-state index in [-0.39, 0.29) is 22.3 Å². The molecule has 1 saturated carbocycles. The highest BCUT2D eigenvalue weighted by Gasteiger charge is 2.25. The number of halogens is 2. The number of nitrogens with two attached hydrogens (primary N) is 1. The van der Waals surface area contributed by atoms with Crippen molar-refractivity contribution in [3.05, 3.63) is 29.3 Å². The maximum Gasteiger partial charge on any atom is 0.150 e. The van der Waals surface area contributed by atoms with Gasteiger partial charge in [-0.25, -0.2) is 8.78 Å². The van der Waals surface area contributed by atoms with E-state index in [0.717, 1.165) is 12.8 Å². The molecule has 2 unspecified atom stereocenters. The summed E-state index contributed by atoms with van der Waals surface area (Å²) in [5.41, 5.74) is 5.54. The molecular weight excluding hydrogens is 278 g/mol. The van der Waals surface area contributed by atoms with Gasteiger partial charge in [-0.15, -0.1) is 0 Å². The van der Waals surface area contributed by atoms with Crippen LogP contribution < -0.4 is 11.1 Å². The summed E-state index contributed by atoms with van der Waals surface area (Å²) >= 11 is 4.74. The molecule has 110 valence electrons. The third-order valence-corrected chi connectivity index (χ3v) is 4.09. The van der Waals surface area contributed by atoms with Crippen LogP contribution in [0.1, 0.15) is 38.7 Å². The summed E-state index contributed by atoms with van der Waals surface area (Å²) < 4.78 is 28.0. The Morgan fingerprint density at radius 1 is 1.15 bits per heavy atom. The first-order valence-corrected chi connectivity index (χ1v) is 7.33. The number of nitrogens with one attached hydrogen (secondary N) is 1. The fraction of sp³-hybridized carbons (Fsp3) is 0.533. The lowest BCUT2D eigenvalue weighted by Crippen LogP contribution is -2.31. The van der Waals surface area contributed by atoms with E-state index in [1.165, 1.54) is 18.6 Å². The zero-order valence-electron chi connectivity index (χ0n) is 11.7. The van der Waals surface area contributed by atoms with E-state index in [2.05, 4.69) is 19.2 Å². The van der Waals surface area contributed by atoms with Crippen molar-refractivity contribution in [2.75, 3.05) is 5.32 Å². The molecule has 0 heterocycles. The van der Waals surface area contributed by atoms with E-state index < -0.39 is 11.6 Å². The third kappa shape index (κ3) is 3.45. The first-order chi connectivity index (χ1) is 9.36. The molecule has 0 amide bonds. The lowest BCUT2D eigenvalue weighted by molar-refractivity contribution is 0.280. The molecule has 0 spiro atoms. The zero-order chi connectivity index (χ0) is 14.9. The fourth-order valence-electron chi connectivity index (χ4n) is 3.12. The fourth-order valence-corrected chi connectivity index (χ4v) is 3.24. The Labute approximate surface area is 123 Å². The maximum absolute atomic E-state index is 14.0. The summed E-state index contributed by atoms with van der Waals surface area (Å²) in [5, 5.41) is 3.01. The van der Waals surface area contributed by atoms with Gasteiger partial charge in [-0.2, -0.15) is 0 Å². The summed E-state index contributed by atoms with van der Waals surface area (Å²) in [6.07, 6.45) is 3.03. The summed E-state index contributed by atoms with van der Waals surface area (Å²) in [6, 6.07) is 2.47. The first kappa shape index (κ1) is 15.2. The third-order valence-electron chi connectivity index (χ3n) is 3.85. The molecule has 5 heteroatoms. The molecule has 1 fully saturated rings. The number of anilines is 1. The normalized spacial score (nSPS) is 26.3. The Kier molecular flexibility index (Phi) is 4.58. The highest BCUT2D eigenvalue weighted by molar-refractivity contribution is 7.80. The number of benzene rings is 1. The summed E-state index contributed by atoms with van der Waals surface area (Å²) in [6.45, 7) is 4.35. The average Bonchev–Trinajstić information content (AvgIpc) is 2.32. The molecule has 1 aromatic rings. The van der Waals surface area contributed by atoms with Crippen LogP contribution in [0.3, 0.4) is 0 Å². The van der Waals surface area contributed by atoms with Gasteiger partial charge in [0.15, 0.2) is 0 Å². The molecule has 0 aromatic heterocycles. The highest BCUT2D eigenvalue weighted by Crippen LogP contribution is 2.32. The summed E-state index contributed by atoms with van der Waals surface area (Å²) in [4.78, 5) is -0.00531. The average molecular weight is 298 g/mol. The predicted molar refractivity (Wildman–Crippen MR) is 81.8 cm³/mol. The topological polar surface area (TPSA) is 38.0 Å². The number of rotatable bonds is 3. The van der Waals surface area contributed by atoms with E-state index in [9.17, 15) is 8.78 Å². The van der Waals surface area contributed by atoms with Crippen molar-refractivity contribution < 1.29 is 8.78 Å². The second kappa shape index (κ2) is 6.04. The minimum atomic E-state index is -0.640. The van der Waals surface area contributed by atoms with Gasteiger partial charge in [0.2, 0.25) is 0 Å². The van der Waals surface area contributed by atoms with Crippen LogP contribution in [0.2, 0.25) is 0 Å². The van der Waals surface area contributed by atoms with Crippen LogP contribution in [-0.2, 0) is 0 Å². The van der Waals surface area contributed by atoms with Crippen LogP contribution >= 0.6 is 12.2 Å². The van der Waals surface area contributed by atoms with Gasteiger partial charge in [0.1, 0.15) is 22.3 Å². The van der Waals surface area contributed by atoms with Crippen molar-refractivity contribution in [2.45, 2.75) is 39.2 Å². The molecule has 1 aliphatic rings. The Bertz CT molecular complexity index is 486. The molecule has 1 aliphatic carbocycles. The van der Waals surface area contributed by atoms with Crippen molar-refractivity contribution >= 4 is 22.9 Å². The number of thiocarbonyl (C=S) groups is 1. The Morgan fingerprint density at radius 3 is 2.10 bits per heavy atom. The number of hydrogen-bond donors (Lipinski definition) is 2.